The molecule has 0 radical (unpaired) electrons. The number of Topliss-reactive ketones (excluding diaryl/α,β-unsaturated/α-hetero) is 1. The number of aryl methyl sites for hydroxylation is 1. The second kappa shape index (κ2) is 5.40. The maximum atomic E-state index is 13.2. The fourth-order valence-electron chi connectivity index (χ4n) is 1.78. The van der Waals surface area contributed by atoms with E-state index in [4.69, 9.17) is 0 Å². The highest BCUT2D eigenvalue weighted by molar-refractivity contribution is 9.10. The Bertz CT molecular complexity index is 578. The summed E-state index contributed by atoms with van der Waals surface area (Å²) in [6.45, 7) is 1.84. The van der Waals surface area contributed by atoms with Gasteiger partial charge in [0, 0.05) is 28.9 Å². The minimum Gasteiger partial charge on any atom is -0.294 e. The third-order valence-electron chi connectivity index (χ3n) is 2.61. The van der Waals surface area contributed by atoms with Crippen molar-refractivity contribution in [3.8, 4) is 0 Å². The number of aromatic nitrogens is 1. The predicted octanol–water partition coefficient (Wildman–Crippen LogP) is 3.72. The molecule has 0 aliphatic carbocycles. The van der Waals surface area contributed by atoms with Gasteiger partial charge in [-0.25, -0.2) is 4.39 Å². The first-order valence-electron chi connectivity index (χ1n) is 5.45. The lowest BCUT2D eigenvalue weighted by Gasteiger charge is -2.05. The van der Waals surface area contributed by atoms with Crippen LogP contribution in [0.3, 0.4) is 0 Å². The van der Waals surface area contributed by atoms with Gasteiger partial charge < -0.3 is 0 Å². The number of pyridine rings is 1. The Labute approximate surface area is 113 Å². The van der Waals surface area contributed by atoms with E-state index in [0.717, 1.165) is 5.56 Å². The van der Waals surface area contributed by atoms with Gasteiger partial charge in [0.2, 0.25) is 0 Å². The Hall–Kier alpha value is -1.55. The molecule has 92 valence electrons. The molecule has 1 aromatic heterocycles. The van der Waals surface area contributed by atoms with Crippen molar-refractivity contribution >= 4 is 21.7 Å². The molecule has 18 heavy (non-hydrogen) atoms. The molecule has 0 N–H and O–H groups in total. The fourth-order valence-corrected chi connectivity index (χ4v) is 2.29. The van der Waals surface area contributed by atoms with Crippen molar-refractivity contribution < 1.29 is 9.18 Å². The molecule has 0 saturated heterocycles. The highest BCUT2D eigenvalue weighted by Crippen LogP contribution is 2.17. The molecular formula is C14H11BrFNO. The van der Waals surface area contributed by atoms with E-state index in [1.54, 1.807) is 24.5 Å². The summed E-state index contributed by atoms with van der Waals surface area (Å²) in [5, 5.41) is 0. The summed E-state index contributed by atoms with van der Waals surface area (Å²) >= 11 is 3.21. The van der Waals surface area contributed by atoms with E-state index in [1.807, 2.05) is 6.92 Å². The van der Waals surface area contributed by atoms with E-state index in [-0.39, 0.29) is 18.0 Å². The van der Waals surface area contributed by atoms with Gasteiger partial charge in [-0.05, 0) is 42.3 Å². The lowest BCUT2D eigenvalue weighted by Crippen LogP contribution is -2.06. The average Bonchev–Trinajstić information content (AvgIpc) is 2.27. The summed E-state index contributed by atoms with van der Waals surface area (Å²) in [6, 6.07) is 6.17. The second-order valence-electron chi connectivity index (χ2n) is 4.07. The first kappa shape index (κ1) is 12.9. The zero-order valence-corrected chi connectivity index (χ0v) is 11.4. The van der Waals surface area contributed by atoms with Crippen molar-refractivity contribution in [1.82, 2.24) is 4.98 Å². The topological polar surface area (TPSA) is 30.0 Å². The van der Waals surface area contributed by atoms with Crippen molar-refractivity contribution in [3.05, 3.63) is 63.6 Å². The molecule has 0 atom stereocenters. The third kappa shape index (κ3) is 3.01. The molecule has 2 nitrogen and oxygen atoms in total. The van der Waals surface area contributed by atoms with Crippen LogP contribution in [-0.4, -0.2) is 10.8 Å². The van der Waals surface area contributed by atoms with Crippen LogP contribution in [0.15, 0.2) is 41.1 Å². The highest BCUT2D eigenvalue weighted by atomic mass is 79.9. The van der Waals surface area contributed by atoms with Gasteiger partial charge in [0.15, 0.2) is 5.78 Å². The Balaban J connectivity index is 2.24. The Kier molecular flexibility index (Phi) is 3.87. The zero-order valence-electron chi connectivity index (χ0n) is 9.78. The van der Waals surface area contributed by atoms with Crippen LogP contribution in [0.5, 0.6) is 0 Å². The molecule has 0 aliphatic heterocycles. The molecule has 1 aromatic carbocycles. The molecule has 0 aliphatic rings. The van der Waals surface area contributed by atoms with E-state index >= 15 is 0 Å². The molecule has 2 aromatic rings. The van der Waals surface area contributed by atoms with E-state index in [1.165, 1.54) is 12.1 Å². The largest absolute Gasteiger partial charge is 0.294 e. The molecule has 0 saturated carbocycles. The highest BCUT2D eigenvalue weighted by Gasteiger charge is 2.10. The summed E-state index contributed by atoms with van der Waals surface area (Å²) < 4.78 is 13.8. The first-order chi connectivity index (χ1) is 8.56. The maximum absolute atomic E-state index is 13.2. The van der Waals surface area contributed by atoms with Crippen molar-refractivity contribution in [2.45, 2.75) is 13.3 Å². The van der Waals surface area contributed by atoms with Gasteiger partial charge in [0.1, 0.15) is 5.82 Å². The van der Waals surface area contributed by atoms with Crippen LogP contribution in [0.1, 0.15) is 21.5 Å². The van der Waals surface area contributed by atoms with E-state index < -0.39 is 0 Å². The molecule has 0 spiro atoms. The van der Waals surface area contributed by atoms with Gasteiger partial charge in [0.05, 0.1) is 0 Å². The van der Waals surface area contributed by atoms with Crippen LogP contribution < -0.4 is 0 Å². The van der Waals surface area contributed by atoms with Crippen molar-refractivity contribution in [3.63, 3.8) is 0 Å². The summed E-state index contributed by atoms with van der Waals surface area (Å²) in [4.78, 5) is 16.0. The van der Waals surface area contributed by atoms with E-state index in [9.17, 15) is 9.18 Å². The molecule has 0 amide bonds. The third-order valence-corrected chi connectivity index (χ3v) is 3.07. The molecule has 2 rings (SSSR count). The lowest BCUT2D eigenvalue weighted by atomic mass is 10.0. The van der Waals surface area contributed by atoms with Crippen LogP contribution >= 0.6 is 15.9 Å². The van der Waals surface area contributed by atoms with E-state index in [0.29, 0.717) is 15.6 Å². The number of hydrogen-bond acceptors (Lipinski definition) is 2. The predicted molar refractivity (Wildman–Crippen MR) is 71.1 cm³/mol. The van der Waals surface area contributed by atoms with Gasteiger partial charge in [-0.15, -0.1) is 0 Å². The van der Waals surface area contributed by atoms with Crippen LogP contribution in [0.2, 0.25) is 0 Å². The average molecular weight is 308 g/mol. The quantitative estimate of drug-likeness (QED) is 0.809. The smallest absolute Gasteiger partial charge is 0.167 e. The number of rotatable bonds is 3. The minimum atomic E-state index is -0.348. The van der Waals surface area contributed by atoms with Gasteiger partial charge in [-0.2, -0.15) is 0 Å². The van der Waals surface area contributed by atoms with Gasteiger partial charge in [0.25, 0.3) is 0 Å². The number of ketones is 1. The molecule has 0 unspecified atom stereocenters. The van der Waals surface area contributed by atoms with Crippen molar-refractivity contribution in [2.75, 3.05) is 0 Å². The Morgan fingerprint density at radius 1 is 1.39 bits per heavy atom. The lowest BCUT2D eigenvalue weighted by molar-refractivity contribution is 0.0992. The Morgan fingerprint density at radius 3 is 2.83 bits per heavy atom. The van der Waals surface area contributed by atoms with Gasteiger partial charge in [-0.1, -0.05) is 15.9 Å². The molecule has 0 bridgehead atoms. The van der Waals surface area contributed by atoms with Crippen LogP contribution in [-0.2, 0) is 6.42 Å². The van der Waals surface area contributed by atoms with Crippen LogP contribution in [0.25, 0.3) is 0 Å². The molecule has 0 fully saturated rings. The number of nitrogens with zero attached hydrogens (tertiary/aromatic N) is 1. The first-order valence-corrected chi connectivity index (χ1v) is 6.24. The summed E-state index contributed by atoms with van der Waals surface area (Å²) in [6.07, 6.45) is 3.41. The second-order valence-corrected chi connectivity index (χ2v) is 4.98. The zero-order chi connectivity index (χ0) is 13.1. The number of carbonyl (C=O) groups is 1. The number of benzene rings is 1. The normalized spacial score (nSPS) is 10.4. The van der Waals surface area contributed by atoms with Crippen molar-refractivity contribution in [1.29, 1.82) is 0 Å². The Morgan fingerprint density at radius 2 is 2.17 bits per heavy atom. The van der Waals surface area contributed by atoms with Crippen molar-refractivity contribution in [2.24, 2.45) is 0 Å². The maximum Gasteiger partial charge on any atom is 0.167 e. The monoisotopic (exact) mass is 307 g/mol. The van der Waals surface area contributed by atoms with E-state index in [2.05, 4.69) is 20.9 Å². The van der Waals surface area contributed by atoms with Gasteiger partial charge in [-0.3, -0.25) is 9.78 Å². The minimum absolute atomic E-state index is 0.0348. The molecular weight excluding hydrogens is 297 g/mol. The fraction of sp³-hybridized carbons (Fsp3) is 0.143. The number of halogens is 2. The molecule has 1 heterocycles. The van der Waals surface area contributed by atoms with Gasteiger partial charge >= 0.3 is 0 Å². The number of hydrogen-bond donors (Lipinski definition) is 0. The van der Waals surface area contributed by atoms with Crippen LogP contribution in [0.4, 0.5) is 4.39 Å². The summed E-state index contributed by atoms with van der Waals surface area (Å²) in [7, 11) is 0. The molecule has 4 heteroatoms. The summed E-state index contributed by atoms with van der Waals surface area (Å²) in [5.41, 5.74) is 2.12. The summed E-state index contributed by atoms with van der Waals surface area (Å²) in [5.74, 6) is -0.383. The van der Waals surface area contributed by atoms with Crippen LogP contribution in [0, 0.1) is 12.7 Å². The standard InChI is InChI=1S/C14H11BrFNO/c1-9-8-17-3-2-13(9)14(18)6-10-4-11(15)7-12(16)5-10/h2-5,7-8H,6H2,1H3. The number of carbonyl (C=O) groups excluding carboxylic acids is 1. The SMILES string of the molecule is Cc1cnccc1C(=O)Cc1cc(F)cc(Br)c1.